The minimum absolute atomic E-state index is 0.644. The largest absolute Gasteiger partial charge is 0.244 e. The van der Waals surface area contributed by atoms with Gasteiger partial charge in [-0.2, -0.15) is 0 Å². The number of hydrogen-bond acceptors (Lipinski definition) is 2. The van der Waals surface area contributed by atoms with Crippen molar-refractivity contribution in [1.82, 2.24) is 4.98 Å². The molecule has 0 atom stereocenters. The molecule has 0 aliphatic carbocycles. The zero-order chi connectivity index (χ0) is 10.8. The Labute approximate surface area is 103 Å². The molecule has 2 rings (SSSR count). The monoisotopic (exact) mass is 257 g/mol. The third-order valence-electron chi connectivity index (χ3n) is 2.01. The minimum atomic E-state index is 0.644. The van der Waals surface area contributed by atoms with Crippen molar-refractivity contribution in [3.63, 3.8) is 0 Å². The van der Waals surface area contributed by atoms with E-state index in [1.807, 2.05) is 18.3 Å². The molecule has 2 aromatic rings. The summed E-state index contributed by atoms with van der Waals surface area (Å²) in [6.45, 7) is 2.11. The molecule has 0 aliphatic rings. The van der Waals surface area contributed by atoms with Crippen LogP contribution in [0, 0.1) is 0 Å². The first-order valence-electron chi connectivity index (χ1n) is 4.60. The minimum Gasteiger partial charge on any atom is -0.244 e. The molecule has 0 radical (unpaired) electrons. The molecular weight excluding hydrogens is 249 g/mol. The topological polar surface area (TPSA) is 12.9 Å². The van der Waals surface area contributed by atoms with Crippen molar-refractivity contribution in [1.29, 1.82) is 0 Å². The van der Waals surface area contributed by atoms with E-state index in [1.54, 1.807) is 17.4 Å². The first-order chi connectivity index (χ1) is 7.19. The van der Waals surface area contributed by atoms with Gasteiger partial charge in [0.25, 0.3) is 0 Å². The van der Waals surface area contributed by atoms with Gasteiger partial charge in [0.05, 0.1) is 0 Å². The van der Waals surface area contributed by atoms with Crippen molar-refractivity contribution in [3.05, 3.63) is 39.3 Å². The van der Waals surface area contributed by atoms with E-state index in [0.717, 1.165) is 17.0 Å². The maximum Gasteiger partial charge on any atom is 0.123 e. The summed E-state index contributed by atoms with van der Waals surface area (Å²) in [6.07, 6.45) is 2.90. The summed E-state index contributed by atoms with van der Waals surface area (Å²) < 4.78 is 0. The molecule has 0 saturated carbocycles. The maximum absolute atomic E-state index is 5.93. The molecule has 1 heterocycles. The van der Waals surface area contributed by atoms with Crippen LogP contribution in [0.4, 0.5) is 0 Å². The lowest BCUT2D eigenvalue weighted by molar-refractivity contribution is 1.17. The van der Waals surface area contributed by atoms with Crippen molar-refractivity contribution >= 4 is 34.5 Å². The number of halogens is 2. The molecule has 4 heteroatoms. The van der Waals surface area contributed by atoms with Gasteiger partial charge in [-0.15, -0.1) is 11.3 Å². The van der Waals surface area contributed by atoms with Gasteiger partial charge in [-0.1, -0.05) is 30.1 Å². The van der Waals surface area contributed by atoms with Gasteiger partial charge in [0.2, 0.25) is 0 Å². The van der Waals surface area contributed by atoms with Crippen LogP contribution in [0.25, 0.3) is 10.6 Å². The summed E-state index contributed by atoms with van der Waals surface area (Å²) in [4.78, 5) is 5.61. The Morgan fingerprint density at radius 1 is 1.20 bits per heavy atom. The summed E-state index contributed by atoms with van der Waals surface area (Å²) in [5.41, 5.74) is 0.984. The average Bonchev–Trinajstić information content (AvgIpc) is 2.64. The van der Waals surface area contributed by atoms with E-state index in [2.05, 4.69) is 11.9 Å². The number of aromatic nitrogens is 1. The molecule has 1 aromatic heterocycles. The average molecular weight is 258 g/mol. The Morgan fingerprint density at radius 3 is 2.40 bits per heavy atom. The van der Waals surface area contributed by atoms with Crippen LogP contribution in [0.2, 0.25) is 10.0 Å². The third-order valence-corrected chi connectivity index (χ3v) is 3.64. The van der Waals surface area contributed by atoms with Gasteiger partial charge >= 0.3 is 0 Å². The predicted molar refractivity (Wildman–Crippen MR) is 66.9 cm³/mol. The quantitative estimate of drug-likeness (QED) is 0.762. The molecule has 0 amide bonds. The van der Waals surface area contributed by atoms with Crippen LogP contribution in [0.15, 0.2) is 24.4 Å². The molecule has 0 saturated heterocycles. The molecule has 0 spiro atoms. The molecule has 0 N–H and O–H groups in total. The SMILES string of the molecule is CCc1cnc(-c2cc(Cl)cc(Cl)c2)s1. The standard InChI is InChI=1S/C11H9Cl2NS/c1-2-10-6-14-11(15-10)7-3-8(12)5-9(13)4-7/h3-6H,2H2,1H3. The summed E-state index contributed by atoms with van der Waals surface area (Å²) >= 11 is 13.5. The molecule has 0 fully saturated rings. The van der Waals surface area contributed by atoms with Gasteiger partial charge < -0.3 is 0 Å². The molecule has 1 aromatic carbocycles. The Kier molecular flexibility index (Phi) is 3.29. The molecule has 15 heavy (non-hydrogen) atoms. The number of rotatable bonds is 2. The molecular formula is C11H9Cl2NS. The third kappa shape index (κ3) is 2.51. The highest BCUT2D eigenvalue weighted by Gasteiger charge is 2.05. The fraction of sp³-hybridized carbons (Fsp3) is 0.182. The number of benzene rings is 1. The Hall–Kier alpha value is -0.570. The van der Waals surface area contributed by atoms with Crippen molar-refractivity contribution < 1.29 is 0 Å². The summed E-state index contributed by atoms with van der Waals surface area (Å²) in [7, 11) is 0. The van der Waals surface area contributed by atoms with Crippen molar-refractivity contribution in [2.45, 2.75) is 13.3 Å². The van der Waals surface area contributed by atoms with Gasteiger partial charge in [0, 0.05) is 26.7 Å². The lowest BCUT2D eigenvalue weighted by Gasteiger charge is -1.98. The van der Waals surface area contributed by atoms with Gasteiger partial charge in [-0.25, -0.2) is 4.98 Å². The zero-order valence-corrected chi connectivity index (χ0v) is 10.5. The van der Waals surface area contributed by atoms with Crippen LogP contribution in [0.3, 0.4) is 0 Å². The van der Waals surface area contributed by atoms with E-state index < -0.39 is 0 Å². The lowest BCUT2D eigenvalue weighted by Crippen LogP contribution is -1.75. The maximum atomic E-state index is 5.93. The first-order valence-corrected chi connectivity index (χ1v) is 6.17. The molecule has 0 unspecified atom stereocenters. The Bertz CT molecular complexity index is 459. The molecule has 1 nitrogen and oxygen atoms in total. The van der Waals surface area contributed by atoms with Crippen LogP contribution in [-0.4, -0.2) is 4.98 Å². The summed E-state index contributed by atoms with van der Waals surface area (Å²) in [5, 5.41) is 2.26. The van der Waals surface area contributed by atoms with Crippen molar-refractivity contribution in [3.8, 4) is 10.6 Å². The number of aryl methyl sites for hydroxylation is 1. The number of nitrogens with zero attached hydrogens (tertiary/aromatic N) is 1. The highest BCUT2D eigenvalue weighted by molar-refractivity contribution is 7.15. The smallest absolute Gasteiger partial charge is 0.123 e. The highest BCUT2D eigenvalue weighted by atomic mass is 35.5. The first kappa shape index (κ1) is 10.9. The van der Waals surface area contributed by atoms with Crippen LogP contribution in [0.1, 0.15) is 11.8 Å². The number of hydrogen-bond donors (Lipinski definition) is 0. The van der Waals surface area contributed by atoms with E-state index in [0.29, 0.717) is 10.0 Å². The van der Waals surface area contributed by atoms with Gasteiger partial charge in [0.1, 0.15) is 5.01 Å². The fourth-order valence-electron chi connectivity index (χ4n) is 1.28. The second-order valence-corrected chi connectivity index (χ2v) is 5.13. The van der Waals surface area contributed by atoms with E-state index in [4.69, 9.17) is 23.2 Å². The predicted octanol–water partition coefficient (Wildman–Crippen LogP) is 4.68. The highest BCUT2D eigenvalue weighted by Crippen LogP contribution is 2.30. The second-order valence-electron chi connectivity index (χ2n) is 3.14. The van der Waals surface area contributed by atoms with Crippen molar-refractivity contribution in [2.24, 2.45) is 0 Å². The normalized spacial score (nSPS) is 10.6. The lowest BCUT2D eigenvalue weighted by atomic mass is 10.2. The molecule has 0 aliphatic heterocycles. The van der Waals surface area contributed by atoms with Gasteiger partial charge in [0.15, 0.2) is 0 Å². The fourth-order valence-corrected chi connectivity index (χ4v) is 2.65. The summed E-state index contributed by atoms with van der Waals surface area (Å²) in [5.74, 6) is 0. The van der Waals surface area contributed by atoms with Crippen molar-refractivity contribution in [2.75, 3.05) is 0 Å². The van der Waals surface area contributed by atoms with E-state index >= 15 is 0 Å². The van der Waals surface area contributed by atoms with E-state index in [9.17, 15) is 0 Å². The second kappa shape index (κ2) is 4.52. The van der Waals surface area contributed by atoms with Crippen LogP contribution < -0.4 is 0 Å². The van der Waals surface area contributed by atoms with E-state index in [-0.39, 0.29) is 0 Å². The van der Waals surface area contributed by atoms with Crippen LogP contribution in [0.5, 0.6) is 0 Å². The van der Waals surface area contributed by atoms with Gasteiger partial charge in [-0.05, 0) is 24.6 Å². The Morgan fingerprint density at radius 2 is 1.87 bits per heavy atom. The van der Waals surface area contributed by atoms with E-state index in [1.165, 1.54) is 4.88 Å². The Balaban J connectivity index is 2.44. The summed E-state index contributed by atoms with van der Waals surface area (Å²) in [6, 6.07) is 5.48. The molecule has 0 bridgehead atoms. The van der Waals surface area contributed by atoms with Gasteiger partial charge in [-0.3, -0.25) is 0 Å². The molecule has 78 valence electrons. The zero-order valence-electron chi connectivity index (χ0n) is 8.13. The van der Waals surface area contributed by atoms with Crippen LogP contribution >= 0.6 is 34.5 Å². The van der Waals surface area contributed by atoms with Crippen LogP contribution in [-0.2, 0) is 6.42 Å². The number of thiazole rings is 1.